The topological polar surface area (TPSA) is 91.6 Å². The van der Waals surface area contributed by atoms with Crippen LogP contribution in [0.1, 0.15) is 12.6 Å². The molecule has 2 aromatic rings. The van der Waals surface area contributed by atoms with Gasteiger partial charge in [0.2, 0.25) is 0 Å². The van der Waals surface area contributed by atoms with Crippen LogP contribution in [-0.2, 0) is 11.3 Å². The highest BCUT2D eigenvalue weighted by atomic mass is 35.5. The number of benzene rings is 1. The number of aryl methyl sites for hydroxylation is 1. The monoisotopic (exact) mass is 336 g/mol. The van der Waals surface area contributed by atoms with Crippen LogP contribution >= 0.6 is 11.6 Å². The number of aliphatic hydroxyl groups is 1. The summed E-state index contributed by atoms with van der Waals surface area (Å²) in [6.45, 7) is 2.78. The van der Waals surface area contributed by atoms with Crippen LogP contribution in [0.2, 0.25) is 5.02 Å². The lowest BCUT2D eigenvalue weighted by atomic mass is 10.1. The Hall–Kier alpha value is -2.31. The zero-order chi connectivity index (χ0) is 17.2. The van der Waals surface area contributed by atoms with E-state index in [4.69, 9.17) is 11.6 Å². The van der Waals surface area contributed by atoms with Crippen LogP contribution < -0.4 is 10.9 Å². The number of hydrogen-bond acceptors (Lipinski definition) is 4. The van der Waals surface area contributed by atoms with Gasteiger partial charge in [-0.2, -0.15) is 0 Å². The molecule has 0 aliphatic carbocycles. The number of phenols is 1. The molecule has 122 valence electrons. The number of aromatic nitrogens is 1. The minimum atomic E-state index is -1.86. The third-order valence-electron chi connectivity index (χ3n) is 3.46. The SMILES string of the molecule is Cc1cccc(=O)n1CC(C)(O)C(=O)Nc1cccc(Cl)c1O. The zero-order valence-corrected chi connectivity index (χ0v) is 13.5. The van der Waals surface area contributed by atoms with Gasteiger partial charge in [0.05, 0.1) is 17.3 Å². The van der Waals surface area contributed by atoms with Crippen LogP contribution in [0.15, 0.2) is 41.2 Å². The van der Waals surface area contributed by atoms with E-state index in [1.165, 1.54) is 29.7 Å². The lowest BCUT2D eigenvalue weighted by Gasteiger charge is -2.24. The predicted octanol–water partition coefficient (Wildman–Crippen LogP) is 1.91. The molecule has 1 aromatic carbocycles. The summed E-state index contributed by atoms with van der Waals surface area (Å²) in [6.07, 6.45) is 0. The Kier molecular flexibility index (Phi) is 4.77. The van der Waals surface area contributed by atoms with E-state index in [0.717, 1.165) is 0 Å². The maximum absolute atomic E-state index is 12.3. The number of para-hydroxylation sites is 1. The quantitative estimate of drug-likeness (QED) is 0.744. The summed E-state index contributed by atoms with van der Waals surface area (Å²) in [4.78, 5) is 24.2. The second-order valence-electron chi connectivity index (χ2n) is 5.46. The molecule has 0 spiro atoms. The Morgan fingerprint density at radius 1 is 1.30 bits per heavy atom. The Labute approximate surface area is 138 Å². The van der Waals surface area contributed by atoms with Gasteiger partial charge < -0.3 is 20.1 Å². The van der Waals surface area contributed by atoms with Gasteiger partial charge in [0.1, 0.15) is 0 Å². The lowest BCUT2D eigenvalue weighted by molar-refractivity contribution is -0.133. The van der Waals surface area contributed by atoms with Crippen molar-refractivity contribution in [3.8, 4) is 5.75 Å². The van der Waals surface area contributed by atoms with E-state index in [1.807, 2.05) is 0 Å². The van der Waals surface area contributed by atoms with Crippen molar-refractivity contribution in [2.45, 2.75) is 26.0 Å². The van der Waals surface area contributed by atoms with E-state index in [9.17, 15) is 19.8 Å². The highest BCUT2D eigenvalue weighted by Gasteiger charge is 2.32. The number of pyridine rings is 1. The number of carbonyl (C=O) groups excluding carboxylic acids is 1. The van der Waals surface area contributed by atoms with Gasteiger partial charge >= 0.3 is 0 Å². The molecule has 0 radical (unpaired) electrons. The maximum atomic E-state index is 12.3. The predicted molar refractivity (Wildman–Crippen MR) is 87.8 cm³/mol. The number of carbonyl (C=O) groups is 1. The number of phenolic OH excluding ortho intramolecular Hbond substituents is 1. The van der Waals surface area contributed by atoms with Crippen LogP contribution in [0.3, 0.4) is 0 Å². The molecule has 1 amide bonds. The molecule has 2 rings (SSSR count). The standard InChI is InChI=1S/C16H17ClN2O4/c1-10-5-3-8-13(20)19(10)9-16(2,23)15(22)18-12-7-4-6-11(17)14(12)21/h3-8,21,23H,9H2,1-2H3,(H,18,22). The first kappa shape index (κ1) is 17.1. The van der Waals surface area contributed by atoms with E-state index in [1.54, 1.807) is 25.1 Å². The highest BCUT2D eigenvalue weighted by molar-refractivity contribution is 6.32. The summed E-state index contributed by atoms with van der Waals surface area (Å²) in [5.41, 5.74) is -1.47. The van der Waals surface area contributed by atoms with Gasteiger partial charge in [-0.05, 0) is 32.0 Å². The smallest absolute Gasteiger partial charge is 0.258 e. The van der Waals surface area contributed by atoms with Crippen molar-refractivity contribution in [1.29, 1.82) is 0 Å². The second kappa shape index (κ2) is 6.44. The van der Waals surface area contributed by atoms with Gasteiger partial charge in [0, 0.05) is 11.8 Å². The van der Waals surface area contributed by atoms with Gasteiger partial charge in [-0.1, -0.05) is 23.7 Å². The number of nitrogens with one attached hydrogen (secondary N) is 1. The molecule has 0 aliphatic rings. The molecule has 1 atom stereocenters. The third kappa shape index (κ3) is 3.72. The Balaban J connectivity index is 2.24. The molecule has 0 aliphatic heterocycles. The van der Waals surface area contributed by atoms with Crippen LogP contribution in [0.25, 0.3) is 0 Å². The molecule has 0 saturated carbocycles. The summed E-state index contributed by atoms with van der Waals surface area (Å²) in [7, 11) is 0. The third-order valence-corrected chi connectivity index (χ3v) is 3.76. The average Bonchev–Trinajstić information content (AvgIpc) is 2.48. The second-order valence-corrected chi connectivity index (χ2v) is 5.86. The summed E-state index contributed by atoms with van der Waals surface area (Å²) in [5, 5.41) is 22.7. The van der Waals surface area contributed by atoms with Crippen molar-refractivity contribution >= 4 is 23.2 Å². The number of rotatable bonds is 4. The first-order valence-corrected chi connectivity index (χ1v) is 7.28. The minimum Gasteiger partial charge on any atom is -0.504 e. The lowest BCUT2D eigenvalue weighted by Crippen LogP contribution is -2.46. The fourth-order valence-electron chi connectivity index (χ4n) is 2.08. The van der Waals surface area contributed by atoms with Crippen LogP contribution in [0.5, 0.6) is 5.75 Å². The molecule has 6 nitrogen and oxygen atoms in total. The van der Waals surface area contributed by atoms with E-state index >= 15 is 0 Å². The van der Waals surface area contributed by atoms with Crippen molar-refractivity contribution in [1.82, 2.24) is 4.57 Å². The number of nitrogens with zero attached hydrogens (tertiary/aromatic N) is 1. The number of amides is 1. The van der Waals surface area contributed by atoms with Gasteiger partial charge in [-0.25, -0.2) is 0 Å². The molecule has 1 unspecified atom stereocenters. The molecule has 23 heavy (non-hydrogen) atoms. The van der Waals surface area contributed by atoms with Gasteiger partial charge in [0.25, 0.3) is 11.5 Å². The van der Waals surface area contributed by atoms with E-state index in [0.29, 0.717) is 5.69 Å². The fourth-order valence-corrected chi connectivity index (χ4v) is 2.25. The Bertz CT molecular complexity index is 799. The summed E-state index contributed by atoms with van der Waals surface area (Å²) >= 11 is 5.77. The van der Waals surface area contributed by atoms with Gasteiger partial charge in [-0.15, -0.1) is 0 Å². The summed E-state index contributed by atoms with van der Waals surface area (Å²) in [6, 6.07) is 9.14. The molecular formula is C16H17ClN2O4. The molecule has 0 fully saturated rings. The fraction of sp³-hybridized carbons (Fsp3) is 0.250. The number of hydrogen-bond donors (Lipinski definition) is 3. The van der Waals surface area contributed by atoms with E-state index in [2.05, 4.69) is 5.32 Å². The molecule has 0 bridgehead atoms. The normalized spacial score (nSPS) is 13.4. The summed E-state index contributed by atoms with van der Waals surface area (Å²) in [5.74, 6) is -1.04. The van der Waals surface area contributed by atoms with Crippen molar-refractivity contribution in [3.05, 3.63) is 57.5 Å². The minimum absolute atomic E-state index is 0.0811. The van der Waals surface area contributed by atoms with Crippen molar-refractivity contribution in [2.24, 2.45) is 0 Å². The highest BCUT2D eigenvalue weighted by Crippen LogP contribution is 2.31. The largest absolute Gasteiger partial charge is 0.504 e. The number of halogens is 1. The first-order valence-electron chi connectivity index (χ1n) is 6.90. The average molecular weight is 337 g/mol. The molecular weight excluding hydrogens is 320 g/mol. The Morgan fingerprint density at radius 2 is 1.96 bits per heavy atom. The van der Waals surface area contributed by atoms with Crippen LogP contribution in [0.4, 0.5) is 5.69 Å². The maximum Gasteiger partial charge on any atom is 0.258 e. The molecule has 1 aromatic heterocycles. The zero-order valence-electron chi connectivity index (χ0n) is 12.7. The molecule has 0 saturated heterocycles. The van der Waals surface area contributed by atoms with Gasteiger partial charge in [0.15, 0.2) is 11.4 Å². The van der Waals surface area contributed by atoms with Crippen molar-refractivity contribution in [3.63, 3.8) is 0 Å². The first-order chi connectivity index (χ1) is 10.7. The molecule has 7 heteroatoms. The number of anilines is 1. The van der Waals surface area contributed by atoms with E-state index < -0.39 is 11.5 Å². The van der Waals surface area contributed by atoms with E-state index in [-0.39, 0.29) is 28.6 Å². The molecule has 3 N–H and O–H groups in total. The van der Waals surface area contributed by atoms with Crippen molar-refractivity contribution in [2.75, 3.05) is 5.32 Å². The van der Waals surface area contributed by atoms with Crippen LogP contribution in [0, 0.1) is 6.92 Å². The summed E-state index contributed by atoms with van der Waals surface area (Å²) < 4.78 is 1.30. The molecule has 1 heterocycles. The van der Waals surface area contributed by atoms with Crippen molar-refractivity contribution < 1.29 is 15.0 Å². The number of aromatic hydroxyl groups is 1. The van der Waals surface area contributed by atoms with Crippen LogP contribution in [-0.4, -0.2) is 26.3 Å². The van der Waals surface area contributed by atoms with Gasteiger partial charge in [-0.3, -0.25) is 9.59 Å². The Morgan fingerprint density at radius 3 is 2.61 bits per heavy atom.